The van der Waals surface area contributed by atoms with Gasteiger partial charge in [-0.1, -0.05) is 45.8 Å². The largest absolute Gasteiger partial charge is 0.299 e. The minimum absolute atomic E-state index is 0.893. The SMILES string of the molecule is Cc1ccc(-n2cnc3cc(N=Cc4ccc(Br)cc4)ccc32)cc1. The molecule has 0 N–H and O–H groups in total. The first-order valence-corrected chi connectivity index (χ1v) is 8.82. The van der Waals surface area contributed by atoms with Gasteiger partial charge in [-0.05, 0) is 55.0 Å². The van der Waals surface area contributed by atoms with Crippen LogP contribution in [0.25, 0.3) is 16.7 Å². The second-order valence-electron chi connectivity index (χ2n) is 5.93. The van der Waals surface area contributed by atoms with E-state index in [9.17, 15) is 0 Å². The highest BCUT2D eigenvalue weighted by Crippen LogP contribution is 2.23. The van der Waals surface area contributed by atoms with Crippen LogP contribution in [0.5, 0.6) is 0 Å². The van der Waals surface area contributed by atoms with Crippen LogP contribution in [-0.4, -0.2) is 15.8 Å². The number of nitrogens with zero attached hydrogens (tertiary/aromatic N) is 3. The summed E-state index contributed by atoms with van der Waals surface area (Å²) in [7, 11) is 0. The Hall–Kier alpha value is -2.72. The quantitative estimate of drug-likeness (QED) is 0.404. The van der Waals surface area contributed by atoms with E-state index in [1.165, 1.54) is 5.56 Å². The summed E-state index contributed by atoms with van der Waals surface area (Å²) in [5.74, 6) is 0. The summed E-state index contributed by atoms with van der Waals surface area (Å²) in [6.07, 6.45) is 3.72. The third-order valence-electron chi connectivity index (χ3n) is 4.08. The van der Waals surface area contributed by atoms with Gasteiger partial charge in [0.2, 0.25) is 0 Å². The van der Waals surface area contributed by atoms with Gasteiger partial charge in [-0.25, -0.2) is 4.98 Å². The number of rotatable bonds is 3. The third kappa shape index (κ3) is 3.39. The zero-order chi connectivity index (χ0) is 17.2. The Labute approximate surface area is 154 Å². The molecule has 4 heteroatoms. The standard InChI is InChI=1S/C21H16BrN3/c1-15-2-9-19(10-3-15)25-14-24-20-12-18(8-11-21(20)25)23-13-16-4-6-17(22)7-5-16/h2-14H,1H3. The summed E-state index contributed by atoms with van der Waals surface area (Å²) >= 11 is 3.44. The van der Waals surface area contributed by atoms with E-state index in [1.807, 2.05) is 48.9 Å². The molecule has 0 saturated carbocycles. The Morgan fingerprint density at radius 3 is 2.48 bits per heavy atom. The lowest BCUT2D eigenvalue weighted by molar-refractivity contribution is 1.09. The van der Waals surface area contributed by atoms with Crippen molar-refractivity contribution in [2.75, 3.05) is 0 Å². The number of fused-ring (bicyclic) bond motifs is 1. The maximum Gasteiger partial charge on any atom is 0.100 e. The molecule has 0 saturated heterocycles. The van der Waals surface area contributed by atoms with Gasteiger partial charge in [0.05, 0.1) is 16.7 Å². The number of halogens is 1. The maximum atomic E-state index is 4.56. The van der Waals surface area contributed by atoms with Crippen molar-refractivity contribution >= 4 is 38.9 Å². The molecule has 0 aliphatic carbocycles. The molecule has 0 atom stereocenters. The first-order valence-electron chi connectivity index (χ1n) is 8.03. The summed E-state index contributed by atoms with van der Waals surface area (Å²) in [6, 6.07) is 22.6. The van der Waals surface area contributed by atoms with Crippen LogP contribution in [0.2, 0.25) is 0 Å². The zero-order valence-electron chi connectivity index (χ0n) is 13.7. The fraction of sp³-hybridized carbons (Fsp3) is 0.0476. The molecule has 0 unspecified atom stereocenters. The summed E-state index contributed by atoms with van der Waals surface area (Å²) < 4.78 is 3.16. The molecule has 0 bridgehead atoms. The van der Waals surface area contributed by atoms with Crippen LogP contribution in [0.4, 0.5) is 5.69 Å². The first-order chi connectivity index (χ1) is 12.2. The van der Waals surface area contributed by atoms with Gasteiger partial charge in [0.1, 0.15) is 6.33 Å². The van der Waals surface area contributed by atoms with E-state index in [2.05, 4.69) is 67.7 Å². The van der Waals surface area contributed by atoms with Gasteiger partial charge in [0, 0.05) is 16.4 Å². The van der Waals surface area contributed by atoms with E-state index in [0.717, 1.165) is 32.4 Å². The molecule has 3 aromatic carbocycles. The second-order valence-corrected chi connectivity index (χ2v) is 6.85. The summed E-state index contributed by atoms with van der Waals surface area (Å²) in [5, 5.41) is 0. The fourth-order valence-corrected chi connectivity index (χ4v) is 2.95. The molecule has 4 aromatic rings. The highest BCUT2D eigenvalue weighted by atomic mass is 79.9. The zero-order valence-corrected chi connectivity index (χ0v) is 15.3. The Morgan fingerprint density at radius 2 is 1.72 bits per heavy atom. The van der Waals surface area contributed by atoms with Crippen LogP contribution in [0, 0.1) is 6.92 Å². The number of benzene rings is 3. The minimum atomic E-state index is 0.893. The number of aromatic nitrogens is 2. The summed E-state index contributed by atoms with van der Waals surface area (Å²) in [6.45, 7) is 2.09. The maximum absolute atomic E-state index is 4.56. The van der Waals surface area contributed by atoms with Gasteiger partial charge in [-0.2, -0.15) is 0 Å². The highest BCUT2D eigenvalue weighted by Gasteiger charge is 2.05. The lowest BCUT2D eigenvalue weighted by atomic mass is 10.2. The van der Waals surface area contributed by atoms with Gasteiger partial charge in [0.15, 0.2) is 0 Å². The molecule has 0 radical (unpaired) electrons. The molecule has 122 valence electrons. The van der Waals surface area contributed by atoms with Gasteiger partial charge in [-0.3, -0.25) is 9.56 Å². The molecule has 0 aliphatic rings. The van der Waals surface area contributed by atoms with Gasteiger partial charge >= 0.3 is 0 Å². The molecular formula is C21H16BrN3. The van der Waals surface area contributed by atoms with Crippen LogP contribution in [0.3, 0.4) is 0 Å². The lowest BCUT2D eigenvalue weighted by Crippen LogP contribution is -1.91. The Balaban J connectivity index is 1.65. The van der Waals surface area contributed by atoms with Crippen molar-refractivity contribution in [3.05, 3.63) is 88.7 Å². The van der Waals surface area contributed by atoms with E-state index < -0.39 is 0 Å². The average molecular weight is 390 g/mol. The number of hydrogen-bond donors (Lipinski definition) is 0. The molecule has 3 nitrogen and oxygen atoms in total. The van der Waals surface area contributed by atoms with Crippen molar-refractivity contribution in [2.45, 2.75) is 6.92 Å². The molecule has 0 amide bonds. The summed E-state index contributed by atoms with van der Waals surface area (Å²) in [5.41, 5.74) is 6.33. The molecule has 1 heterocycles. The van der Waals surface area contributed by atoms with E-state index in [4.69, 9.17) is 0 Å². The third-order valence-corrected chi connectivity index (χ3v) is 4.60. The predicted octanol–water partition coefficient (Wildman–Crippen LogP) is 5.85. The van der Waals surface area contributed by atoms with Crippen molar-refractivity contribution in [1.82, 2.24) is 9.55 Å². The van der Waals surface area contributed by atoms with E-state index in [0.29, 0.717) is 0 Å². The molecule has 4 rings (SSSR count). The first kappa shape index (κ1) is 15.8. The van der Waals surface area contributed by atoms with E-state index >= 15 is 0 Å². The van der Waals surface area contributed by atoms with Crippen molar-refractivity contribution in [2.24, 2.45) is 4.99 Å². The van der Waals surface area contributed by atoms with Gasteiger partial charge in [-0.15, -0.1) is 0 Å². The van der Waals surface area contributed by atoms with E-state index in [-0.39, 0.29) is 0 Å². The topological polar surface area (TPSA) is 30.2 Å². The lowest BCUT2D eigenvalue weighted by Gasteiger charge is -2.04. The van der Waals surface area contributed by atoms with Gasteiger partial charge in [0.25, 0.3) is 0 Å². The number of hydrogen-bond acceptors (Lipinski definition) is 2. The Bertz CT molecular complexity index is 1040. The van der Waals surface area contributed by atoms with Crippen molar-refractivity contribution in [1.29, 1.82) is 0 Å². The number of imidazole rings is 1. The smallest absolute Gasteiger partial charge is 0.100 e. The molecule has 0 fully saturated rings. The van der Waals surface area contributed by atoms with E-state index in [1.54, 1.807) is 0 Å². The fourth-order valence-electron chi connectivity index (χ4n) is 2.69. The Kier molecular flexibility index (Phi) is 4.20. The second kappa shape index (κ2) is 6.65. The molecule has 0 spiro atoms. The minimum Gasteiger partial charge on any atom is -0.299 e. The molecule has 1 aromatic heterocycles. The van der Waals surface area contributed by atoms with Crippen LogP contribution >= 0.6 is 15.9 Å². The Morgan fingerprint density at radius 1 is 0.960 bits per heavy atom. The van der Waals surface area contributed by atoms with Crippen LogP contribution in [0.1, 0.15) is 11.1 Å². The normalized spacial score (nSPS) is 11.4. The van der Waals surface area contributed by atoms with Crippen molar-refractivity contribution in [3.63, 3.8) is 0 Å². The van der Waals surface area contributed by atoms with Crippen LogP contribution in [-0.2, 0) is 0 Å². The monoisotopic (exact) mass is 389 g/mol. The molecule has 25 heavy (non-hydrogen) atoms. The van der Waals surface area contributed by atoms with Gasteiger partial charge < -0.3 is 0 Å². The van der Waals surface area contributed by atoms with Crippen LogP contribution in [0.15, 0.2) is 82.5 Å². The van der Waals surface area contributed by atoms with Crippen molar-refractivity contribution < 1.29 is 0 Å². The van der Waals surface area contributed by atoms with Crippen LogP contribution < -0.4 is 0 Å². The predicted molar refractivity (Wildman–Crippen MR) is 107 cm³/mol. The number of aliphatic imine (C=N–C) groups is 1. The van der Waals surface area contributed by atoms with Crippen molar-refractivity contribution in [3.8, 4) is 5.69 Å². The summed E-state index contributed by atoms with van der Waals surface area (Å²) in [4.78, 5) is 9.09. The molecular weight excluding hydrogens is 374 g/mol. The average Bonchev–Trinajstić information content (AvgIpc) is 3.05. The number of aryl methyl sites for hydroxylation is 1. The highest BCUT2D eigenvalue weighted by molar-refractivity contribution is 9.10. The molecule has 0 aliphatic heterocycles.